The Hall–Kier alpha value is -2.88. The number of aromatic amines is 1. The highest BCUT2D eigenvalue weighted by Crippen LogP contribution is 2.33. The second-order valence-corrected chi connectivity index (χ2v) is 9.21. The molecule has 0 atom stereocenters. The Labute approximate surface area is 171 Å². The summed E-state index contributed by atoms with van der Waals surface area (Å²) < 4.78 is 0. The zero-order chi connectivity index (χ0) is 20.0. The summed E-state index contributed by atoms with van der Waals surface area (Å²) in [5.41, 5.74) is 5.82. The second-order valence-electron chi connectivity index (χ2n) is 9.21. The molecule has 2 aromatic rings. The van der Waals surface area contributed by atoms with Crippen molar-refractivity contribution in [2.24, 2.45) is 5.41 Å². The standard InChI is InChI=1S/C25H27N3O/c1-25(2)9-4-10-28(16-25)24(29)20-12-19-6-3-5-18-11-17(21-14-26-27-15-21)7-8-22(18)23(19)13-20/h5,7-8,11-15H,3-4,6,9-10,16H2,1-2H3,(H,26,27). The molecule has 2 heterocycles. The van der Waals surface area contributed by atoms with Gasteiger partial charge in [-0.3, -0.25) is 9.89 Å². The molecule has 1 fully saturated rings. The lowest BCUT2D eigenvalue weighted by atomic mass is 9.84. The van der Waals surface area contributed by atoms with Crippen LogP contribution in [0.1, 0.15) is 39.5 Å². The summed E-state index contributed by atoms with van der Waals surface area (Å²) in [6.45, 7) is 6.24. The predicted octanol–water partition coefficient (Wildman–Crippen LogP) is 3.32. The van der Waals surface area contributed by atoms with E-state index in [0.29, 0.717) is 0 Å². The van der Waals surface area contributed by atoms with Crippen molar-refractivity contribution in [3.05, 3.63) is 64.3 Å². The minimum Gasteiger partial charge on any atom is -0.338 e. The van der Waals surface area contributed by atoms with Crippen LogP contribution in [0.3, 0.4) is 0 Å². The average molecular weight is 386 g/mol. The van der Waals surface area contributed by atoms with E-state index in [1.54, 1.807) is 0 Å². The number of benzene rings is 1. The van der Waals surface area contributed by atoms with Crippen molar-refractivity contribution in [1.29, 1.82) is 0 Å². The molecule has 148 valence electrons. The third kappa shape index (κ3) is 3.37. The number of piperidine rings is 1. The third-order valence-electron chi connectivity index (χ3n) is 6.36. The van der Waals surface area contributed by atoms with E-state index >= 15 is 0 Å². The molecule has 2 aliphatic carbocycles. The number of hydrogen-bond donors (Lipinski definition) is 1. The number of nitrogens with one attached hydrogen (secondary N) is 1. The first kappa shape index (κ1) is 18.2. The predicted molar refractivity (Wildman–Crippen MR) is 116 cm³/mol. The lowest BCUT2D eigenvalue weighted by Gasteiger charge is -2.38. The van der Waals surface area contributed by atoms with Gasteiger partial charge in [-0.25, -0.2) is 0 Å². The summed E-state index contributed by atoms with van der Waals surface area (Å²) in [7, 11) is 0. The molecule has 0 bridgehead atoms. The van der Waals surface area contributed by atoms with Crippen LogP contribution in [0.2, 0.25) is 0 Å². The highest BCUT2D eigenvalue weighted by atomic mass is 16.2. The summed E-state index contributed by atoms with van der Waals surface area (Å²) in [4.78, 5) is 15.3. The normalized spacial score (nSPS) is 20.2. The van der Waals surface area contributed by atoms with Crippen molar-refractivity contribution >= 4 is 17.6 Å². The molecule has 1 saturated heterocycles. The molecular formula is C25H27N3O. The lowest BCUT2D eigenvalue weighted by molar-refractivity contribution is -0.129. The molecule has 4 nitrogen and oxygen atoms in total. The Kier molecular flexibility index (Phi) is 4.30. The number of carbonyl (C=O) groups is 1. The van der Waals surface area contributed by atoms with Gasteiger partial charge in [-0.15, -0.1) is 0 Å². The third-order valence-corrected chi connectivity index (χ3v) is 6.36. The minimum atomic E-state index is 0.186. The monoisotopic (exact) mass is 385 g/mol. The smallest absolute Gasteiger partial charge is 0.253 e. The van der Waals surface area contributed by atoms with Crippen LogP contribution in [0.4, 0.5) is 0 Å². The van der Waals surface area contributed by atoms with Gasteiger partial charge < -0.3 is 4.90 Å². The average Bonchev–Trinajstić information content (AvgIpc) is 3.34. The number of fused-ring (bicyclic) bond motifs is 2. The number of carbonyl (C=O) groups excluding carboxylic acids is 1. The van der Waals surface area contributed by atoms with Gasteiger partial charge >= 0.3 is 0 Å². The summed E-state index contributed by atoms with van der Waals surface area (Å²) in [6, 6.07) is 6.57. The van der Waals surface area contributed by atoms with Gasteiger partial charge in [0.2, 0.25) is 0 Å². The first-order valence-corrected chi connectivity index (χ1v) is 10.6. The molecular weight excluding hydrogens is 358 g/mol. The quantitative estimate of drug-likeness (QED) is 0.862. The maximum atomic E-state index is 13.2. The van der Waals surface area contributed by atoms with Gasteiger partial charge in [0.1, 0.15) is 0 Å². The number of H-pyrrole nitrogens is 1. The van der Waals surface area contributed by atoms with E-state index in [4.69, 9.17) is 0 Å². The second kappa shape index (κ2) is 6.87. The summed E-state index contributed by atoms with van der Waals surface area (Å²) in [5, 5.41) is 9.42. The molecule has 1 amide bonds. The van der Waals surface area contributed by atoms with Crippen LogP contribution in [-0.2, 0) is 4.79 Å². The van der Waals surface area contributed by atoms with Crippen molar-refractivity contribution in [2.45, 2.75) is 39.5 Å². The van der Waals surface area contributed by atoms with Crippen LogP contribution in [0, 0.1) is 5.41 Å². The molecule has 3 aliphatic rings. The van der Waals surface area contributed by atoms with Crippen LogP contribution in [0.5, 0.6) is 0 Å². The molecule has 0 unspecified atom stereocenters. The fourth-order valence-corrected chi connectivity index (χ4v) is 4.86. The molecule has 0 spiro atoms. The Morgan fingerprint density at radius 1 is 1.21 bits per heavy atom. The SMILES string of the molecule is CC1(C)CCCN(C(=O)C2=CC3=c4ccc(-c5cn[nH]c5)cc4=CCCC3=C2)C1. The van der Waals surface area contributed by atoms with E-state index in [-0.39, 0.29) is 11.3 Å². The summed E-state index contributed by atoms with van der Waals surface area (Å²) in [6.07, 6.45) is 14.6. The van der Waals surface area contributed by atoms with Gasteiger partial charge in [-0.05, 0) is 76.5 Å². The minimum absolute atomic E-state index is 0.186. The van der Waals surface area contributed by atoms with Gasteiger partial charge in [0.25, 0.3) is 5.91 Å². The molecule has 5 rings (SSSR count). The Morgan fingerprint density at radius 2 is 2.10 bits per heavy atom. The van der Waals surface area contributed by atoms with Crippen LogP contribution in [0.15, 0.2) is 53.9 Å². The van der Waals surface area contributed by atoms with E-state index in [2.05, 4.69) is 60.5 Å². The van der Waals surface area contributed by atoms with Crippen molar-refractivity contribution in [2.75, 3.05) is 13.1 Å². The van der Waals surface area contributed by atoms with E-state index in [0.717, 1.165) is 49.1 Å². The molecule has 4 heteroatoms. The number of hydrogen-bond acceptors (Lipinski definition) is 2. The maximum absolute atomic E-state index is 13.2. The van der Waals surface area contributed by atoms with E-state index in [1.165, 1.54) is 28.0 Å². The maximum Gasteiger partial charge on any atom is 0.253 e. The number of allylic oxidation sites excluding steroid dienone is 2. The number of nitrogens with zero attached hydrogens (tertiary/aromatic N) is 2. The lowest BCUT2D eigenvalue weighted by Crippen LogP contribution is -2.43. The molecule has 0 radical (unpaired) electrons. The molecule has 1 aromatic carbocycles. The van der Waals surface area contributed by atoms with Crippen molar-refractivity contribution in [1.82, 2.24) is 15.1 Å². The van der Waals surface area contributed by atoms with E-state index in [1.807, 2.05) is 17.3 Å². The fourth-order valence-electron chi connectivity index (χ4n) is 4.86. The molecule has 1 aromatic heterocycles. The molecule has 0 saturated carbocycles. The van der Waals surface area contributed by atoms with Gasteiger partial charge in [0.15, 0.2) is 0 Å². The molecule has 1 aliphatic heterocycles. The zero-order valence-electron chi connectivity index (χ0n) is 17.2. The highest BCUT2D eigenvalue weighted by molar-refractivity contribution is 6.02. The van der Waals surface area contributed by atoms with Crippen molar-refractivity contribution in [3.8, 4) is 11.1 Å². The number of likely N-dealkylation sites (tertiary alicyclic amines) is 1. The van der Waals surface area contributed by atoms with Gasteiger partial charge in [0, 0.05) is 30.4 Å². The first-order chi connectivity index (χ1) is 14.0. The topological polar surface area (TPSA) is 49.0 Å². The summed E-state index contributed by atoms with van der Waals surface area (Å²) in [5.74, 6) is 0.186. The van der Waals surface area contributed by atoms with Crippen LogP contribution in [0.25, 0.3) is 22.8 Å². The van der Waals surface area contributed by atoms with E-state index < -0.39 is 0 Å². The van der Waals surface area contributed by atoms with Crippen molar-refractivity contribution in [3.63, 3.8) is 0 Å². The largest absolute Gasteiger partial charge is 0.338 e. The zero-order valence-corrected chi connectivity index (χ0v) is 17.2. The van der Waals surface area contributed by atoms with E-state index in [9.17, 15) is 4.79 Å². The van der Waals surface area contributed by atoms with Gasteiger partial charge in [-0.1, -0.05) is 32.1 Å². The molecule has 1 N–H and O–H groups in total. The number of aromatic nitrogens is 2. The van der Waals surface area contributed by atoms with Crippen LogP contribution in [-0.4, -0.2) is 34.1 Å². The van der Waals surface area contributed by atoms with Gasteiger partial charge in [-0.2, -0.15) is 5.10 Å². The number of amides is 1. The Balaban J connectivity index is 1.54. The van der Waals surface area contributed by atoms with Crippen LogP contribution < -0.4 is 10.4 Å². The highest BCUT2D eigenvalue weighted by Gasteiger charge is 2.31. The Morgan fingerprint density at radius 3 is 2.90 bits per heavy atom. The summed E-state index contributed by atoms with van der Waals surface area (Å²) >= 11 is 0. The first-order valence-electron chi connectivity index (χ1n) is 10.6. The Bertz CT molecular complexity index is 1150. The number of rotatable bonds is 2. The van der Waals surface area contributed by atoms with Gasteiger partial charge in [0.05, 0.1) is 6.20 Å². The molecule has 29 heavy (non-hydrogen) atoms. The fraction of sp³-hybridized carbons (Fsp3) is 0.360. The van der Waals surface area contributed by atoms with Crippen LogP contribution >= 0.6 is 0 Å². The van der Waals surface area contributed by atoms with Crippen molar-refractivity contribution < 1.29 is 4.79 Å².